The lowest BCUT2D eigenvalue weighted by Gasteiger charge is -2.35. The minimum absolute atomic E-state index is 0.194. The summed E-state index contributed by atoms with van der Waals surface area (Å²) in [4.78, 5) is 45.1. The van der Waals surface area contributed by atoms with Crippen molar-refractivity contribution in [2.45, 2.75) is 26.7 Å². The van der Waals surface area contributed by atoms with Crippen molar-refractivity contribution in [2.75, 3.05) is 68.0 Å². The first-order chi connectivity index (χ1) is 16.3. The van der Waals surface area contributed by atoms with Crippen LogP contribution in [0.3, 0.4) is 0 Å². The third kappa shape index (κ3) is 5.55. The number of hydrogen-bond acceptors (Lipinski definition) is 11. The third-order valence-electron chi connectivity index (χ3n) is 6.15. The molecule has 0 aliphatic carbocycles. The van der Waals surface area contributed by atoms with E-state index in [4.69, 9.17) is 20.4 Å². The van der Waals surface area contributed by atoms with Crippen molar-refractivity contribution in [3.63, 3.8) is 0 Å². The number of rotatable bonds is 7. The zero-order valence-electron chi connectivity index (χ0n) is 19.9. The van der Waals surface area contributed by atoms with Crippen LogP contribution in [0.15, 0.2) is 6.07 Å². The maximum absolute atomic E-state index is 12.2. The van der Waals surface area contributed by atoms with Gasteiger partial charge in [-0.3, -0.25) is 10.1 Å². The average Bonchev–Trinajstić information content (AvgIpc) is 3.19. The lowest BCUT2D eigenvalue weighted by molar-refractivity contribution is -0.122. The van der Waals surface area contributed by atoms with Crippen molar-refractivity contribution >= 4 is 45.9 Å². The van der Waals surface area contributed by atoms with Crippen molar-refractivity contribution in [1.29, 1.82) is 0 Å². The Bertz CT molecular complexity index is 1040. The van der Waals surface area contributed by atoms with E-state index in [0.717, 1.165) is 57.2 Å². The predicted molar refractivity (Wildman–Crippen MR) is 132 cm³/mol. The molecular weight excluding hydrogens is 456 g/mol. The molecule has 2 aliphatic heterocycles. The lowest BCUT2D eigenvalue weighted by Crippen LogP contribution is -2.45. The Hall–Kier alpha value is -2.99. The zero-order valence-corrected chi connectivity index (χ0v) is 20.7. The van der Waals surface area contributed by atoms with Crippen LogP contribution in [0.5, 0.6) is 0 Å². The van der Waals surface area contributed by atoms with Crippen molar-refractivity contribution in [3.8, 4) is 0 Å². The van der Waals surface area contributed by atoms with Gasteiger partial charge in [-0.05, 0) is 33.7 Å². The molecule has 3 N–H and O–H groups in total. The molecule has 11 nitrogen and oxygen atoms in total. The molecule has 12 heteroatoms. The molecule has 1 amide bonds. The maximum Gasteiger partial charge on any atom is 0.350 e. The summed E-state index contributed by atoms with van der Waals surface area (Å²) in [6.07, 6.45) is 1.67. The van der Waals surface area contributed by atoms with E-state index >= 15 is 0 Å². The molecule has 4 rings (SSSR count). The van der Waals surface area contributed by atoms with Gasteiger partial charge in [0, 0.05) is 45.3 Å². The van der Waals surface area contributed by atoms with E-state index in [-0.39, 0.29) is 17.8 Å². The van der Waals surface area contributed by atoms with Crippen LogP contribution in [0.1, 0.15) is 35.1 Å². The molecule has 1 atom stereocenters. The summed E-state index contributed by atoms with van der Waals surface area (Å²) in [6, 6.07) is 1.98. The van der Waals surface area contributed by atoms with Gasteiger partial charge >= 0.3 is 5.97 Å². The third-order valence-corrected chi connectivity index (χ3v) is 7.20. The van der Waals surface area contributed by atoms with Crippen LogP contribution >= 0.6 is 11.3 Å². The van der Waals surface area contributed by atoms with Gasteiger partial charge in [0.25, 0.3) is 0 Å². The molecule has 1 unspecified atom stereocenters. The Balaban J connectivity index is 1.63. The van der Waals surface area contributed by atoms with Gasteiger partial charge in [0.1, 0.15) is 16.5 Å². The van der Waals surface area contributed by atoms with Gasteiger partial charge in [-0.25, -0.2) is 9.78 Å². The van der Waals surface area contributed by atoms with E-state index in [0.29, 0.717) is 34.8 Å². The molecule has 2 aliphatic rings. The quantitative estimate of drug-likeness (QED) is 0.554. The van der Waals surface area contributed by atoms with Crippen LogP contribution < -0.4 is 20.9 Å². The van der Waals surface area contributed by atoms with E-state index in [1.165, 1.54) is 11.3 Å². The first-order valence-corrected chi connectivity index (χ1v) is 12.4. The largest absolute Gasteiger partial charge is 0.462 e. The second-order valence-corrected chi connectivity index (χ2v) is 9.66. The van der Waals surface area contributed by atoms with Gasteiger partial charge in [-0.1, -0.05) is 11.3 Å². The van der Waals surface area contributed by atoms with Crippen LogP contribution in [0, 0.1) is 12.8 Å². The molecule has 2 saturated heterocycles. The zero-order chi connectivity index (χ0) is 24.2. The van der Waals surface area contributed by atoms with Crippen molar-refractivity contribution in [2.24, 2.45) is 11.7 Å². The Morgan fingerprint density at radius 1 is 1.15 bits per heavy atom. The number of aromatic nitrogens is 3. The number of primary amides is 1. The number of anilines is 4. The number of carbonyl (C=O) groups is 2. The van der Waals surface area contributed by atoms with Gasteiger partial charge in [0.2, 0.25) is 11.9 Å². The van der Waals surface area contributed by atoms with E-state index in [1.54, 1.807) is 13.8 Å². The van der Waals surface area contributed by atoms with Gasteiger partial charge < -0.3 is 25.2 Å². The number of piperazine rings is 1. The fourth-order valence-corrected chi connectivity index (χ4v) is 5.04. The Morgan fingerprint density at radius 3 is 2.53 bits per heavy atom. The highest BCUT2D eigenvalue weighted by Gasteiger charge is 2.27. The molecule has 184 valence electrons. The molecule has 34 heavy (non-hydrogen) atoms. The van der Waals surface area contributed by atoms with E-state index in [2.05, 4.69) is 32.0 Å². The Kier molecular flexibility index (Phi) is 7.47. The molecule has 0 radical (unpaired) electrons. The number of likely N-dealkylation sites (N-methyl/N-ethyl adjacent to an activating group) is 1. The Labute approximate surface area is 203 Å². The maximum atomic E-state index is 12.2. The van der Waals surface area contributed by atoms with Gasteiger partial charge in [-0.2, -0.15) is 9.97 Å². The van der Waals surface area contributed by atoms with Crippen LogP contribution in [0.4, 0.5) is 22.7 Å². The molecule has 2 aromatic heterocycles. The molecule has 0 saturated carbocycles. The topological polar surface area (TPSA) is 130 Å². The van der Waals surface area contributed by atoms with E-state index in [1.807, 2.05) is 6.07 Å². The highest BCUT2D eigenvalue weighted by molar-refractivity contribution is 7.17. The number of thiazole rings is 1. The first-order valence-electron chi connectivity index (χ1n) is 11.6. The summed E-state index contributed by atoms with van der Waals surface area (Å²) in [5.74, 6) is 1.11. The summed E-state index contributed by atoms with van der Waals surface area (Å²) >= 11 is 1.22. The summed E-state index contributed by atoms with van der Waals surface area (Å²) in [7, 11) is 2.11. The molecule has 0 spiro atoms. The second kappa shape index (κ2) is 10.5. The smallest absolute Gasteiger partial charge is 0.350 e. The number of amides is 1. The number of ether oxygens (including phenoxy) is 1. The van der Waals surface area contributed by atoms with Crippen LogP contribution in [-0.4, -0.2) is 84.7 Å². The number of nitrogens with zero attached hydrogens (tertiary/aromatic N) is 6. The number of aryl methyl sites for hydroxylation is 1. The molecule has 0 bridgehead atoms. The fraction of sp³-hybridized carbons (Fsp3) is 0.591. The highest BCUT2D eigenvalue weighted by atomic mass is 32.1. The predicted octanol–water partition coefficient (Wildman–Crippen LogP) is 1.62. The molecule has 2 fully saturated rings. The van der Waals surface area contributed by atoms with Crippen LogP contribution in [-0.2, 0) is 9.53 Å². The fourth-order valence-electron chi connectivity index (χ4n) is 4.19. The average molecular weight is 489 g/mol. The van der Waals surface area contributed by atoms with Crippen molar-refractivity contribution < 1.29 is 14.3 Å². The molecule has 2 aromatic rings. The van der Waals surface area contributed by atoms with Crippen molar-refractivity contribution in [1.82, 2.24) is 19.9 Å². The first kappa shape index (κ1) is 24.1. The highest BCUT2D eigenvalue weighted by Crippen LogP contribution is 2.30. The number of nitrogens with two attached hydrogens (primary N) is 1. The SMILES string of the molecule is CCOC(=O)c1sc(Nc2nc(N3CCN(C)CC3)cc(N3CCCC(C(N)=O)C3)n2)nc1C. The summed E-state index contributed by atoms with van der Waals surface area (Å²) < 4.78 is 5.12. The Morgan fingerprint density at radius 2 is 1.85 bits per heavy atom. The second-order valence-electron chi connectivity index (χ2n) is 8.66. The van der Waals surface area contributed by atoms with Crippen LogP contribution in [0.25, 0.3) is 0 Å². The molecular formula is C22H32N8O3S. The van der Waals surface area contributed by atoms with Crippen molar-refractivity contribution in [3.05, 3.63) is 16.6 Å². The number of esters is 1. The number of carbonyl (C=O) groups excluding carboxylic acids is 2. The summed E-state index contributed by atoms with van der Waals surface area (Å²) in [5, 5.41) is 3.71. The monoisotopic (exact) mass is 488 g/mol. The van der Waals surface area contributed by atoms with E-state index in [9.17, 15) is 9.59 Å². The van der Waals surface area contributed by atoms with Crippen LogP contribution in [0.2, 0.25) is 0 Å². The number of hydrogen-bond donors (Lipinski definition) is 2. The summed E-state index contributed by atoms with van der Waals surface area (Å²) in [6.45, 7) is 8.81. The molecule has 0 aromatic carbocycles. The lowest BCUT2D eigenvalue weighted by atomic mass is 9.97. The van der Waals surface area contributed by atoms with E-state index < -0.39 is 0 Å². The molecule has 4 heterocycles. The van der Waals surface area contributed by atoms with Gasteiger partial charge in [0.05, 0.1) is 18.2 Å². The number of piperidine rings is 1. The minimum Gasteiger partial charge on any atom is -0.462 e. The minimum atomic E-state index is -0.385. The van der Waals surface area contributed by atoms with Gasteiger partial charge in [-0.15, -0.1) is 0 Å². The summed E-state index contributed by atoms with van der Waals surface area (Å²) in [5.41, 5.74) is 6.19. The number of nitrogens with one attached hydrogen (secondary N) is 1. The standard InChI is InChI=1S/C22H32N8O3S/c1-4-33-20(32)18-14(2)24-22(34-18)27-21-25-16(29-10-8-28(3)9-11-29)12-17(26-21)30-7-5-6-15(13-30)19(23)31/h12,15H,4-11,13H2,1-3H3,(H2,23,31)(H,24,25,26,27). The van der Waals surface area contributed by atoms with Gasteiger partial charge in [0.15, 0.2) is 5.13 Å². The normalized spacial score (nSPS) is 19.2.